The molecule has 2 rings (SSSR count). The molecule has 2 N–H and O–H groups in total. The molecule has 6 heteroatoms. The van der Waals surface area contributed by atoms with Crippen LogP contribution in [0.15, 0.2) is 0 Å². The molecule has 4 nitrogen and oxygen atoms in total. The van der Waals surface area contributed by atoms with E-state index < -0.39 is 19.1 Å². The Balaban J connectivity index is 1.83. The van der Waals surface area contributed by atoms with Gasteiger partial charge in [-0.25, -0.2) is 8.78 Å². The monoisotopic (exact) mass is 265 g/mol. The third-order valence-electron chi connectivity index (χ3n) is 3.78. The van der Waals surface area contributed by atoms with Crippen LogP contribution in [-0.4, -0.2) is 55.6 Å². The van der Waals surface area contributed by atoms with Crippen molar-refractivity contribution in [2.45, 2.75) is 43.2 Å². The van der Waals surface area contributed by atoms with Crippen molar-refractivity contribution >= 4 is 0 Å². The Hall–Kier alpha value is -0.300. The highest BCUT2D eigenvalue weighted by Crippen LogP contribution is 2.34. The summed E-state index contributed by atoms with van der Waals surface area (Å²) in [7, 11) is 0. The van der Waals surface area contributed by atoms with Crippen LogP contribution in [0.1, 0.15) is 25.7 Å². The van der Waals surface area contributed by atoms with Gasteiger partial charge < -0.3 is 19.9 Å². The summed E-state index contributed by atoms with van der Waals surface area (Å²) >= 11 is 0. The van der Waals surface area contributed by atoms with E-state index in [0.717, 1.165) is 25.7 Å². The molecular weight excluding hydrogens is 244 g/mol. The molecule has 2 heterocycles. The molecule has 0 aliphatic carbocycles. The molecule has 0 amide bonds. The zero-order chi connectivity index (χ0) is 13.1. The Kier molecular flexibility index (Phi) is 4.53. The number of aliphatic hydroxyl groups excluding tert-OH is 1. The fourth-order valence-electron chi connectivity index (χ4n) is 2.64. The number of rotatable bonds is 4. The van der Waals surface area contributed by atoms with Crippen molar-refractivity contribution in [2.24, 2.45) is 0 Å². The van der Waals surface area contributed by atoms with Crippen LogP contribution in [0, 0.1) is 0 Å². The van der Waals surface area contributed by atoms with Gasteiger partial charge in [0.2, 0.25) is 0 Å². The number of alkyl halides is 2. The van der Waals surface area contributed by atoms with Crippen molar-refractivity contribution in [3.05, 3.63) is 0 Å². The topological polar surface area (TPSA) is 50.7 Å². The van der Waals surface area contributed by atoms with E-state index in [9.17, 15) is 8.78 Å². The zero-order valence-electron chi connectivity index (χ0n) is 10.5. The van der Waals surface area contributed by atoms with Gasteiger partial charge in [-0.05, 0) is 25.7 Å². The molecule has 106 valence electrons. The average molecular weight is 265 g/mol. The normalized spacial score (nSPS) is 28.5. The minimum absolute atomic E-state index is 0.0364. The summed E-state index contributed by atoms with van der Waals surface area (Å²) in [5, 5.41) is 11.4. The van der Waals surface area contributed by atoms with Gasteiger partial charge in [0.1, 0.15) is 6.61 Å². The van der Waals surface area contributed by atoms with Crippen LogP contribution in [0.4, 0.5) is 8.78 Å². The van der Waals surface area contributed by atoms with E-state index in [-0.39, 0.29) is 11.6 Å². The fraction of sp³-hybridized carbons (Fsp3) is 1.00. The lowest BCUT2D eigenvalue weighted by molar-refractivity contribution is -0.142. The largest absolute Gasteiger partial charge is 0.390 e. The van der Waals surface area contributed by atoms with Gasteiger partial charge in [0, 0.05) is 25.9 Å². The highest BCUT2D eigenvalue weighted by atomic mass is 19.3. The molecule has 0 aromatic carbocycles. The number of ether oxygens (including phenoxy) is 2. The number of hydrogen-bond acceptors (Lipinski definition) is 4. The summed E-state index contributed by atoms with van der Waals surface area (Å²) in [5.74, 6) is -3.04. The predicted octanol–water partition coefficient (Wildman–Crippen LogP) is 0.932. The van der Waals surface area contributed by atoms with Crippen LogP contribution in [0.5, 0.6) is 0 Å². The second-order valence-electron chi connectivity index (χ2n) is 5.23. The van der Waals surface area contributed by atoms with Crippen molar-refractivity contribution in [1.82, 2.24) is 5.32 Å². The quantitative estimate of drug-likeness (QED) is 0.794. The molecule has 1 atom stereocenters. The molecule has 0 bridgehead atoms. The maximum Gasteiger partial charge on any atom is 0.282 e. The Morgan fingerprint density at radius 3 is 2.67 bits per heavy atom. The lowest BCUT2D eigenvalue weighted by atomic mass is 9.84. The lowest BCUT2D eigenvalue weighted by Gasteiger charge is -2.43. The van der Waals surface area contributed by atoms with Gasteiger partial charge in [0.25, 0.3) is 5.92 Å². The SMILES string of the molecule is OCC(F)(F)CNC1CCOC2(CCOCC2)C1. The number of hydrogen-bond donors (Lipinski definition) is 2. The third kappa shape index (κ3) is 3.60. The van der Waals surface area contributed by atoms with Crippen molar-refractivity contribution in [3.8, 4) is 0 Å². The van der Waals surface area contributed by atoms with Gasteiger partial charge >= 0.3 is 0 Å². The first kappa shape index (κ1) is 14.1. The molecule has 0 saturated carbocycles. The Morgan fingerprint density at radius 1 is 1.28 bits per heavy atom. The van der Waals surface area contributed by atoms with Gasteiger partial charge in [-0.2, -0.15) is 0 Å². The molecule has 2 aliphatic rings. The van der Waals surface area contributed by atoms with Crippen LogP contribution >= 0.6 is 0 Å². The van der Waals surface area contributed by atoms with Crippen molar-refractivity contribution in [1.29, 1.82) is 0 Å². The van der Waals surface area contributed by atoms with E-state index in [0.29, 0.717) is 19.8 Å². The number of halogens is 2. The standard InChI is InChI=1S/C12H21F2NO3/c13-12(14,9-16)8-15-10-1-4-18-11(7-10)2-5-17-6-3-11/h10,15-16H,1-9H2. The smallest absolute Gasteiger partial charge is 0.282 e. The van der Waals surface area contributed by atoms with Crippen molar-refractivity contribution < 1.29 is 23.4 Å². The molecule has 2 aliphatic heterocycles. The van der Waals surface area contributed by atoms with Crippen molar-refractivity contribution in [2.75, 3.05) is 33.0 Å². The molecule has 0 aromatic heterocycles. The van der Waals surface area contributed by atoms with E-state index in [4.69, 9.17) is 14.6 Å². The van der Waals surface area contributed by atoms with E-state index >= 15 is 0 Å². The van der Waals surface area contributed by atoms with E-state index in [2.05, 4.69) is 5.32 Å². The molecule has 0 radical (unpaired) electrons. The number of aliphatic hydroxyl groups is 1. The minimum Gasteiger partial charge on any atom is -0.390 e. The molecule has 2 fully saturated rings. The molecular formula is C12H21F2NO3. The van der Waals surface area contributed by atoms with Crippen LogP contribution < -0.4 is 5.32 Å². The molecule has 18 heavy (non-hydrogen) atoms. The first-order valence-electron chi connectivity index (χ1n) is 6.49. The highest BCUT2D eigenvalue weighted by Gasteiger charge is 2.39. The van der Waals surface area contributed by atoms with Gasteiger partial charge in [-0.1, -0.05) is 0 Å². The summed E-state index contributed by atoms with van der Waals surface area (Å²) in [6.07, 6.45) is 3.16. The van der Waals surface area contributed by atoms with Gasteiger partial charge in [-0.15, -0.1) is 0 Å². The highest BCUT2D eigenvalue weighted by molar-refractivity contribution is 4.92. The maximum atomic E-state index is 13.0. The Morgan fingerprint density at radius 2 is 2.00 bits per heavy atom. The van der Waals surface area contributed by atoms with Gasteiger partial charge in [0.05, 0.1) is 12.1 Å². The van der Waals surface area contributed by atoms with Crippen LogP contribution in [0.25, 0.3) is 0 Å². The Bertz CT molecular complexity index is 265. The van der Waals surface area contributed by atoms with Gasteiger partial charge in [-0.3, -0.25) is 0 Å². The van der Waals surface area contributed by atoms with E-state index in [1.807, 2.05) is 0 Å². The van der Waals surface area contributed by atoms with Crippen LogP contribution in [0.2, 0.25) is 0 Å². The molecule has 1 unspecified atom stereocenters. The summed E-state index contributed by atoms with van der Waals surface area (Å²) < 4.78 is 37.1. The number of nitrogens with one attached hydrogen (secondary N) is 1. The zero-order valence-corrected chi connectivity index (χ0v) is 10.5. The second-order valence-corrected chi connectivity index (χ2v) is 5.23. The predicted molar refractivity (Wildman–Crippen MR) is 61.8 cm³/mol. The van der Waals surface area contributed by atoms with E-state index in [1.54, 1.807) is 0 Å². The summed E-state index contributed by atoms with van der Waals surface area (Å²) in [5.41, 5.74) is -0.192. The fourth-order valence-corrected chi connectivity index (χ4v) is 2.64. The van der Waals surface area contributed by atoms with Crippen LogP contribution in [-0.2, 0) is 9.47 Å². The first-order chi connectivity index (χ1) is 8.55. The van der Waals surface area contributed by atoms with Crippen LogP contribution in [0.3, 0.4) is 0 Å². The Labute approximate surface area is 106 Å². The van der Waals surface area contributed by atoms with Crippen molar-refractivity contribution in [3.63, 3.8) is 0 Å². The molecule has 2 saturated heterocycles. The summed E-state index contributed by atoms with van der Waals surface area (Å²) in [6.45, 7) is 0.379. The average Bonchev–Trinajstić information content (AvgIpc) is 2.38. The van der Waals surface area contributed by atoms with Gasteiger partial charge in [0.15, 0.2) is 0 Å². The third-order valence-corrected chi connectivity index (χ3v) is 3.78. The summed E-state index contributed by atoms with van der Waals surface area (Å²) in [6, 6.07) is 0.0364. The minimum atomic E-state index is -3.04. The maximum absolute atomic E-state index is 13.0. The van der Waals surface area contributed by atoms with E-state index in [1.165, 1.54) is 0 Å². The molecule has 1 spiro atoms. The first-order valence-corrected chi connectivity index (χ1v) is 6.49. The lowest BCUT2D eigenvalue weighted by Crippen LogP contribution is -2.51. The summed E-state index contributed by atoms with van der Waals surface area (Å²) in [4.78, 5) is 0. The molecule has 0 aromatic rings. The second kappa shape index (κ2) is 5.77.